The molecule has 0 unspecified atom stereocenters. The van der Waals surface area contributed by atoms with Crippen LogP contribution in [0.2, 0.25) is 0 Å². The number of hydrogen-bond acceptors (Lipinski definition) is 8. The van der Waals surface area contributed by atoms with Crippen LogP contribution in [0.3, 0.4) is 0 Å². The quantitative estimate of drug-likeness (QED) is 0.735. The van der Waals surface area contributed by atoms with Gasteiger partial charge in [-0.1, -0.05) is 24.3 Å². The van der Waals surface area contributed by atoms with Gasteiger partial charge in [0.2, 0.25) is 11.6 Å². The van der Waals surface area contributed by atoms with Crippen molar-refractivity contribution in [3.05, 3.63) is 70.8 Å². The van der Waals surface area contributed by atoms with Gasteiger partial charge in [-0.3, -0.25) is 15.0 Å². The molecular weight excluding hydrogens is 452 g/mol. The second-order valence-electron chi connectivity index (χ2n) is 7.40. The van der Waals surface area contributed by atoms with E-state index in [1.807, 2.05) is 0 Å². The van der Waals surface area contributed by atoms with E-state index in [4.69, 9.17) is 5.41 Å². The molecule has 32 heavy (non-hydrogen) atoms. The minimum Gasteiger partial charge on any atom is -0.297 e. The number of rotatable bonds is 3. The first-order chi connectivity index (χ1) is 14.9. The third-order valence-electron chi connectivity index (χ3n) is 5.03. The Balaban J connectivity index is 1.80. The average molecular weight is 469 g/mol. The van der Waals surface area contributed by atoms with Crippen molar-refractivity contribution in [3.8, 4) is 0 Å². The van der Waals surface area contributed by atoms with Gasteiger partial charge in [-0.05, 0) is 30.4 Å². The summed E-state index contributed by atoms with van der Waals surface area (Å²) in [6.07, 6.45) is 5.97. The number of aliphatic imine (C=N–C) groups is 1. The van der Waals surface area contributed by atoms with Gasteiger partial charge in [-0.15, -0.1) is 0 Å². The highest BCUT2D eigenvalue weighted by Crippen LogP contribution is 2.32. The lowest BCUT2D eigenvalue weighted by molar-refractivity contribution is 0.105. The Kier molecular flexibility index (Phi) is 4.94. The summed E-state index contributed by atoms with van der Waals surface area (Å²) < 4.78 is 48.1. The van der Waals surface area contributed by atoms with Gasteiger partial charge in [0.15, 0.2) is 19.7 Å². The molecule has 0 heterocycles. The fraction of sp³-hybridized carbons (Fsp3) is 0.0909. The largest absolute Gasteiger partial charge is 0.297 e. The molecule has 1 N–H and O–H groups in total. The maximum Gasteiger partial charge on any atom is 0.212 e. The first kappa shape index (κ1) is 21.7. The molecule has 0 aliphatic heterocycles. The molecule has 0 bridgehead atoms. The fourth-order valence-corrected chi connectivity index (χ4v) is 5.38. The van der Waals surface area contributed by atoms with Crippen LogP contribution >= 0.6 is 0 Å². The second kappa shape index (κ2) is 7.28. The molecule has 8 nitrogen and oxygen atoms in total. The van der Waals surface area contributed by atoms with Crippen molar-refractivity contribution in [2.24, 2.45) is 4.99 Å². The van der Waals surface area contributed by atoms with Crippen molar-refractivity contribution in [1.82, 2.24) is 0 Å². The van der Waals surface area contributed by atoms with Gasteiger partial charge in [0, 0.05) is 34.8 Å². The summed E-state index contributed by atoms with van der Waals surface area (Å²) in [7, 11) is -7.21. The van der Waals surface area contributed by atoms with Crippen LogP contribution in [0, 0.1) is 5.41 Å². The van der Waals surface area contributed by atoms with E-state index in [1.54, 1.807) is 0 Å². The van der Waals surface area contributed by atoms with Crippen LogP contribution in [0.25, 0.3) is 11.0 Å². The van der Waals surface area contributed by atoms with Crippen molar-refractivity contribution < 1.29 is 26.4 Å². The molecule has 0 aromatic heterocycles. The zero-order valence-corrected chi connectivity index (χ0v) is 18.5. The molecule has 0 radical (unpaired) electrons. The molecule has 0 amide bonds. The highest BCUT2D eigenvalue weighted by molar-refractivity contribution is 8.00. The Morgan fingerprint density at radius 2 is 1.53 bits per heavy atom. The van der Waals surface area contributed by atoms with Crippen LogP contribution in [0.4, 0.5) is 5.69 Å². The molecule has 2 aromatic rings. The van der Waals surface area contributed by atoms with E-state index in [2.05, 4.69) is 4.99 Å². The van der Waals surface area contributed by atoms with Crippen LogP contribution in [0.15, 0.2) is 58.4 Å². The number of nitrogens with zero attached hydrogens (tertiary/aromatic N) is 1. The first-order valence-corrected chi connectivity index (χ1v) is 13.0. The van der Waals surface area contributed by atoms with Crippen LogP contribution in [-0.2, 0) is 19.7 Å². The molecule has 0 fully saturated rings. The van der Waals surface area contributed by atoms with E-state index in [-0.39, 0.29) is 43.5 Å². The fourth-order valence-electron chi connectivity index (χ4n) is 3.57. The molecule has 4 rings (SSSR count). The Bertz CT molecular complexity index is 1560. The number of carbonyl (C=O) groups is 2. The minimum atomic E-state index is -3.68. The molecule has 162 valence electrons. The SMILES string of the molecule is CS(=O)(=O)C1=CC(=N)C(=O)c2cc(N=C3C=Cc4c(cccc4S(C)(=O)=O)C3=O)ccc21. The topological polar surface area (TPSA) is 139 Å². The predicted octanol–water partition coefficient (Wildman–Crippen LogP) is 2.67. The van der Waals surface area contributed by atoms with Gasteiger partial charge in [-0.2, -0.15) is 0 Å². The summed E-state index contributed by atoms with van der Waals surface area (Å²) in [6, 6.07) is 8.62. The van der Waals surface area contributed by atoms with E-state index in [0.29, 0.717) is 0 Å². The smallest absolute Gasteiger partial charge is 0.212 e. The van der Waals surface area contributed by atoms with Crippen molar-refractivity contribution in [2.45, 2.75) is 4.90 Å². The Labute approximate surface area is 184 Å². The highest BCUT2D eigenvalue weighted by atomic mass is 32.2. The molecule has 2 aromatic carbocycles. The Morgan fingerprint density at radius 3 is 2.19 bits per heavy atom. The minimum absolute atomic E-state index is 0.00627. The molecular formula is C22H16N2O6S2. The van der Waals surface area contributed by atoms with E-state index in [9.17, 15) is 26.4 Å². The third-order valence-corrected chi connectivity index (χ3v) is 7.32. The number of Topliss-reactive ketones (excluding diaryl/α,β-unsaturated/α-hetero) is 2. The lowest BCUT2D eigenvalue weighted by atomic mass is 9.93. The number of sulfone groups is 2. The third kappa shape index (κ3) is 3.67. The summed E-state index contributed by atoms with van der Waals surface area (Å²) in [5.74, 6) is -1.13. The lowest BCUT2D eigenvalue weighted by Gasteiger charge is -2.17. The van der Waals surface area contributed by atoms with Gasteiger partial charge >= 0.3 is 0 Å². The molecule has 0 saturated carbocycles. The summed E-state index contributed by atoms with van der Waals surface area (Å²) in [4.78, 5) is 29.6. The predicted molar refractivity (Wildman–Crippen MR) is 121 cm³/mol. The van der Waals surface area contributed by atoms with Crippen molar-refractivity contribution in [3.63, 3.8) is 0 Å². The van der Waals surface area contributed by atoms with Crippen LogP contribution in [0.5, 0.6) is 0 Å². The second-order valence-corrected chi connectivity index (χ2v) is 11.4. The molecule has 0 saturated heterocycles. The Morgan fingerprint density at radius 1 is 0.812 bits per heavy atom. The summed E-state index contributed by atoms with van der Waals surface area (Å²) in [5, 5.41) is 7.80. The van der Waals surface area contributed by atoms with Gasteiger partial charge in [0.05, 0.1) is 15.5 Å². The summed E-state index contributed by atoms with van der Waals surface area (Å²) in [6.45, 7) is 0. The van der Waals surface area contributed by atoms with Crippen LogP contribution < -0.4 is 0 Å². The van der Waals surface area contributed by atoms with Crippen LogP contribution in [0.1, 0.15) is 31.8 Å². The molecule has 2 aliphatic rings. The monoisotopic (exact) mass is 468 g/mol. The summed E-state index contributed by atoms with van der Waals surface area (Å²) >= 11 is 0. The molecule has 10 heteroatoms. The van der Waals surface area contributed by atoms with E-state index >= 15 is 0 Å². The van der Waals surface area contributed by atoms with Crippen molar-refractivity contribution >= 4 is 59.3 Å². The summed E-state index contributed by atoms with van der Waals surface area (Å²) in [5.41, 5.74) is 0.440. The standard InChI is InChI=1S/C22H16N2O6S2/c1-31(27,28)19-5-3-4-15-13(19)8-9-18(22(15)26)24-12-6-7-14-16(10-12)21(25)17(23)11-20(14)32(2,29)30/h3-11,23H,1-2H3. The number of nitrogens with one attached hydrogen (secondary N) is 1. The van der Waals surface area contributed by atoms with E-state index < -0.39 is 37.0 Å². The zero-order chi connectivity index (χ0) is 23.4. The van der Waals surface area contributed by atoms with Crippen molar-refractivity contribution in [1.29, 1.82) is 5.41 Å². The lowest BCUT2D eigenvalue weighted by Crippen LogP contribution is -2.21. The Hall–Kier alpha value is -3.50. The number of ketones is 2. The van der Waals surface area contributed by atoms with Gasteiger partial charge < -0.3 is 0 Å². The highest BCUT2D eigenvalue weighted by Gasteiger charge is 2.29. The number of hydrogen-bond donors (Lipinski definition) is 1. The molecule has 0 spiro atoms. The van der Waals surface area contributed by atoms with E-state index in [1.165, 1.54) is 48.6 Å². The molecule has 0 atom stereocenters. The molecule has 2 aliphatic carbocycles. The number of carbonyl (C=O) groups excluding carboxylic acids is 2. The maximum atomic E-state index is 12.9. The maximum absolute atomic E-state index is 12.9. The first-order valence-electron chi connectivity index (χ1n) is 9.22. The van der Waals surface area contributed by atoms with Crippen LogP contribution in [-0.4, -0.2) is 52.3 Å². The van der Waals surface area contributed by atoms with Gasteiger partial charge in [-0.25, -0.2) is 21.8 Å². The number of allylic oxidation sites excluding steroid dienone is 2. The van der Waals surface area contributed by atoms with Gasteiger partial charge in [0.1, 0.15) is 11.4 Å². The van der Waals surface area contributed by atoms with E-state index in [0.717, 1.165) is 18.6 Å². The van der Waals surface area contributed by atoms with Crippen molar-refractivity contribution in [2.75, 3.05) is 12.5 Å². The number of fused-ring (bicyclic) bond motifs is 2. The number of benzene rings is 2. The zero-order valence-electron chi connectivity index (χ0n) is 16.9. The average Bonchev–Trinajstić information content (AvgIpc) is 2.71. The van der Waals surface area contributed by atoms with Gasteiger partial charge in [0.25, 0.3) is 0 Å². The normalized spacial score (nSPS) is 17.2.